The van der Waals surface area contributed by atoms with E-state index >= 15 is 0 Å². The zero-order valence-corrected chi connectivity index (χ0v) is 16.8. The van der Waals surface area contributed by atoms with Gasteiger partial charge in [0.15, 0.2) is 0 Å². The van der Waals surface area contributed by atoms with Crippen molar-refractivity contribution in [2.24, 2.45) is 5.41 Å². The number of fused-ring (bicyclic) bond motifs is 3. The molecule has 0 radical (unpaired) electrons. The van der Waals surface area contributed by atoms with Gasteiger partial charge in [0.05, 0.1) is 12.8 Å². The summed E-state index contributed by atoms with van der Waals surface area (Å²) in [5, 5.41) is 0. The molecule has 1 heterocycles. The number of carbonyl (C=O) groups excluding carboxylic acids is 1. The molecule has 3 heteroatoms. The summed E-state index contributed by atoms with van der Waals surface area (Å²) in [6, 6.07) is 15.1. The molecule has 2 aromatic rings. The van der Waals surface area contributed by atoms with E-state index in [0.29, 0.717) is 5.92 Å². The summed E-state index contributed by atoms with van der Waals surface area (Å²) < 4.78 is 5.75. The van der Waals surface area contributed by atoms with Crippen LogP contribution in [0.2, 0.25) is 0 Å². The Morgan fingerprint density at radius 2 is 1.78 bits per heavy atom. The van der Waals surface area contributed by atoms with Gasteiger partial charge < -0.3 is 9.64 Å². The van der Waals surface area contributed by atoms with Gasteiger partial charge in [0.2, 0.25) is 5.91 Å². The summed E-state index contributed by atoms with van der Waals surface area (Å²) >= 11 is 0. The number of anilines is 1. The summed E-state index contributed by atoms with van der Waals surface area (Å²) in [6.07, 6.45) is 4.69. The Kier molecular flexibility index (Phi) is 4.49. The van der Waals surface area contributed by atoms with Crippen LogP contribution in [-0.4, -0.2) is 19.1 Å². The van der Waals surface area contributed by atoms with Gasteiger partial charge in [0.25, 0.3) is 0 Å². The molecule has 0 unspecified atom stereocenters. The van der Waals surface area contributed by atoms with Gasteiger partial charge in [-0.25, -0.2) is 0 Å². The monoisotopic (exact) mass is 363 g/mol. The predicted molar refractivity (Wildman–Crippen MR) is 110 cm³/mol. The van der Waals surface area contributed by atoms with Gasteiger partial charge in [0, 0.05) is 29.0 Å². The predicted octanol–water partition coefficient (Wildman–Crippen LogP) is 5.78. The lowest BCUT2D eigenvalue weighted by Gasteiger charge is -2.35. The van der Waals surface area contributed by atoms with E-state index in [2.05, 4.69) is 41.3 Å². The Morgan fingerprint density at radius 1 is 1.07 bits per heavy atom. The minimum absolute atomic E-state index is 0.215. The third-order valence-electron chi connectivity index (χ3n) is 6.01. The SMILES string of the molecule is COc1cc2c(cc1-c1ccccc1)[C@@H]1CCCC[C@@H]1N2C(=O)C(C)(C)C. The number of methoxy groups -OCH3 is 1. The van der Waals surface area contributed by atoms with Crippen LogP contribution in [-0.2, 0) is 4.79 Å². The fourth-order valence-electron chi connectivity index (χ4n) is 4.69. The molecule has 1 aliphatic carbocycles. The standard InChI is InChI=1S/C24H29NO2/c1-24(2,3)23(26)25-20-13-9-8-12-17(20)19-14-18(16-10-6-5-7-11-16)22(27-4)15-21(19)25/h5-7,10-11,14-15,17,20H,8-9,12-13H2,1-4H3/t17-,20-/m0/s1. The van der Waals surface area contributed by atoms with Crippen molar-refractivity contribution in [3.63, 3.8) is 0 Å². The highest BCUT2D eigenvalue weighted by molar-refractivity contribution is 6.00. The number of carbonyl (C=O) groups is 1. The van der Waals surface area contributed by atoms with Gasteiger partial charge in [-0.3, -0.25) is 4.79 Å². The average molecular weight is 364 g/mol. The molecule has 0 saturated heterocycles. The molecule has 2 atom stereocenters. The van der Waals surface area contributed by atoms with Gasteiger partial charge in [0.1, 0.15) is 5.75 Å². The molecule has 142 valence electrons. The van der Waals surface area contributed by atoms with Gasteiger partial charge in [-0.05, 0) is 30.0 Å². The largest absolute Gasteiger partial charge is 0.496 e. The fourth-order valence-corrected chi connectivity index (χ4v) is 4.69. The summed E-state index contributed by atoms with van der Waals surface area (Å²) in [5.74, 6) is 1.49. The Balaban J connectivity index is 1.88. The Morgan fingerprint density at radius 3 is 2.44 bits per heavy atom. The third kappa shape index (κ3) is 3.03. The second-order valence-corrected chi connectivity index (χ2v) is 8.86. The highest BCUT2D eigenvalue weighted by Crippen LogP contribution is 2.52. The minimum atomic E-state index is -0.394. The van der Waals surface area contributed by atoms with Crippen LogP contribution >= 0.6 is 0 Å². The van der Waals surface area contributed by atoms with Crippen LogP contribution in [0.4, 0.5) is 5.69 Å². The molecule has 1 saturated carbocycles. The van der Waals surface area contributed by atoms with Crippen molar-refractivity contribution < 1.29 is 9.53 Å². The Labute approximate surface area is 162 Å². The van der Waals surface area contributed by atoms with E-state index < -0.39 is 5.41 Å². The Bertz CT molecular complexity index is 851. The number of ether oxygens (including phenoxy) is 1. The lowest BCUT2D eigenvalue weighted by atomic mass is 9.81. The van der Waals surface area contributed by atoms with Crippen molar-refractivity contribution in [3.05, 3.63) is 48.0 Å². The van der Waals surface area contributed by atoms with Crippen molar-refractivity contribution in [3.8, 4) is 16.9 Å². The number of amides is 1. The third-order valence-corrected chi connectivity index (χ3v) is 6.01. The number of hydrogen-bond donors (Lipinski definition) is 0. The number of nitrogens with zero attached hydrogens (tertiary/aromatic N) is 1. The normalized spacial score (nSPS) is 21.6. The van der Waals surface area contributed by atoms with Crippen LogP contribution < -0.4 is 9.64 Å². The molecule has 1 fully saturated rings. The minimum Gasteiger partial charge on any atom is -0.496 e. The molecule has 4 rings (SSSR count). The van der Waals surface area contributed by atoms with Crippen molar-refractivity contribution in [2.75, 3.05) is 12.0 Å². The zero-order chi connectivity index (χ0) is 19.2. The summed E-state index contributed by atoms with van der Waals surface area (Å²) in [5.41, 5.74) is 4.26. The maximum atomic E-state index is 13.3. The first-order valence-corrected chi connectivity index (χ1v) is 10.0. The number of hydrogen-bond acceptors (Lipinski definition) is 2. The zero-order valence-electron chi connectivity index (χ0n) is 16.8. The molecule has 1 amide bonds. The van der Waals surface area contributed by atoms with E-state index in [4.69, 9.17) is 4.74 Å². The van der Waals surface area contributed by atoms with Crippen LogP contribution in [0.15, 0.2) is 42.5 Å². The molecule has 3 nitrogen and oxygen atoms in total. The molecule has 2 aromatic carbocycles. The molecule has 0 N–H and O–H groups in total. The summed E-state index contributed by atoms with van der Waals surface area (Å²) in [6.45, 7) is 6.04. The van der Waals surface area contributed by atoms with Crippen molar-refractivity contribution >= 4 is 11.6 Å². The molecular weight excluding hydrogens is 334 g/mol. The van der Waals surface area contributed by atoms with Gasteiger partial charge in [-0.2, -0.15) is 0 Å². The van der Waals surface area contributed by atoms with E-state index in [1.807, 2.05) is 26.8 Å². The van der Waals surface area contributed by atoms with Crippen molar-refractivity contribution in [1.29, 1.82) is 0 Å². The molecule has 2 aliphatic rings. The maximum Gasteiger partial charge on any atom is 0.232 e. The van der Waals surface area contributed by atoms with Gasteiger partial charge >= 0.3 is 0 Å². The van der Waals surface area contributed by atoms with E-state index in [9.17, 15) is 4.79 Å². The smallest absolute Gasteiger partial charge is 0.232 e. The first-order chi connectivity index (χ1) is 12.9. The Hall–Kier alpha value is -2.29. The van der Waals surface area contributed by atoms with Crippen LogP contribution in [0, 0.1) is 5.41 Å². The highest BCUT2D eigenvalue weighted by Gasteiger charge is 2.45. The van der Waals surface area contributed by atoms with Crippen LogP contribution in [0.3, 0.4) is 0 Å². The molecule has 1 aliphatic heterocycles. The molecule has 0 bridgehead atoms. The molecule has 0 spiro atoms. The van der Waals surface area contributed by atoms with Crippen LogP contribution in [0.1, 0.15) is 57.9 Å². The van der Waals surface area contributed by atoms with E-state index in [1.165, 1.54) is 18.4 Å². The van der Waals surface area contributed by atoms with Crippen LogP contribution in [0.5, 0.6) is 5.75 Å². The molecule has 27 heavy (non-hydrogen) atoms. The lowest BCUT2D eigenvalue weighted by molar-refractivity contribution is -0.126. The topological polar surface area (TPSA) is 29.5 Å². The van der Waals surface area contributed by atoms with E-state index in [1.54, 1.807) is 7.11 Å². The summed E-state index contributed by atoms with van der Waals surface area (Å²) in [7, 11) is 1.71. The lowest BCUT2D eigenvalue weighted by Crippen LogP contribution is -2.45. The highest BCUT2D eigenvalue weighted by atomic mass is 16.5. The number of benzene rings is 2. The van der Waals surface area contributed by atoms with Crippen molar-refractivity contribution in [1.82, 2.24) is 0 Å². The number of rotatable bonds is 2. The molecule has 0 aromatic heterocycles. The molecular formula is C24H29NO2. The summed E-state index contributed by atoms with van der Waals surface area (Å²) in [4.78, 5) is 15.4. The van der Waals surface area contributed by atoms with E-state index in [0.717, 1.165) is 35.4 Å². The van der Waals surface area contributed by atoms with Crippen LogP contribution in [0.25, 0.3) is 11.1 Å². The van der Waals surface area contributed by atoms with Gasteiger partial charge in [-0.15, -0.1) is 0 Å². The van der Waals surface area contributed by atoms with Crippen molar-refractivity contribution in [2.45, 2.75) is 58.4 Å². The first-order valence-electron chi connectivity index (χ1n) is 10.0. The quantitative estimate of drug-likeness (QED) is 0.677. The van der Waals surface area contributed by atoms with Gasteiger partial charge in [-0.1, -0.05) is 63.9 Å². The second kappa shape index (κ2) is 6.70. The first kappa shape index (κ1) is 18.1. The maximum absolute atomic E-state index is 13.3. The van der Waals surface area contributed by atoms with E-state index in [-0.39, 0.29) is 11.9 Å². The average Bonchev–Trinajstić information content (AvgIpc) is 2.99. The fraction of sp³-hybridized carbons (Fsp3) is 0.458. The second-order valence-electron chi connectivity index (χ2n) is 8.86.